The van der Waals surface area contributed by atoms with E-state index in [4.69, 9.17) is 10.6 Å². The van der Waals surface area contributed by atoms with E-state index in [0.29, 0.717) is 34.3 Å². The number of hydrogen-bond acceptors (Lipinski definition) is 5. The summed E-state index contributed by atoms with van der Waals surface area (Å²) >= 11 is 0. The Balaban J connectivity index is 2.03. The van der Waals surface area contributed by atoms with Crippen LogP contribution in [-0.2, 0) is 0 Å². The van der Waals surface area contributed by atoms with Gasteiger partial charge in [0.2, 0.25) is 0 Å². The van der Waals surface area contributed by atoms with E-state index >= 15 is 4.39 Å². The summed E-state index contributed by atoms with van der Waals surface area (Å²) in [6, 6.07) is 1.16. The highest BCUT2D eigenvalue weighted by molar-refractivity contribution is 5.91. The highest BCUT2D eigenvalue weighted by Gasteiger charge is 2.35. The van der Waals surface area contributed by atoms with Crippen LogP contribution in [0.15, 0.2) is 15.7 Å². The Labute approximate surface area is 156 Å². The summed E-state index contributed by atoms with van der Waals surface area (Å²) in [4.78, 5) is 27.2. The third kappa shape index (κ3) is 2.61. The fourth-order valence-electron chi connectivity index (χ4n) is 4.34. The van der Waals surface area contributed by atoms with Gasteiger partial charge in [-0.2, -0.15) is 4.68 Å². The molecule has 1 aliphatic carbocycles. The number of benzene rings is 1. The number of methoxy groups -OCH3 is 1. The molecule has 2 heterocycles. The third-order valence-corrected chi connectivity index (χ3v) is 6.01. The molecule has 7 nitrogen and oxygen atoms in total. The number of halogens is 1. The zero-order valence-electron chi connectivity index (χ0n) is 15.9. The summed E-state index contributed by atoms with van der Waals surface area (Å²) < 4.78 is 22.8. The smallest absolute Gasteiger partial charge is 0.350 e. The maximum absolute atomic E-state index is 15.1. The van der Waals surface area contributed by atoms with Crippen molar-refractivity contribution in [1.29, 1.82) is 0 Å². The fourth-order valence-corrected chi connectivity index (χ4v) is 4.34. The third-order valence-electron chi connectivity index (χ3n) is 6.01. The van der Waals surface area contributed by atoms with Gasteiger partial charge >= 0.3 is 5.69 Å². The second kappa shape index (κ2) is 6.28. The molecule has 2 atom stereocenters. The number of fused-ring (bicyclic) bond motifs is 1. The standard InChI is InChI=1S/C19H25FN4O3/c1-4-11-9-22(8-10(11)2)16-14(20)7-13-15(17(16)27-3)23(12-5-6-12)19(26)24(21)18(13)25/h7,10-12H,4-6,8-9,21H2,1-3H3. The van der Waals surface area contributed by atoms with E-state index in [0.717, 1.165) is 25.8 Å². The molecule has 0 radical (unpaired) electrons. The molecule has 1 saturated heterocycles. The molecule has 2 unspecified atom stereocenters. The van der Waals surface area contributed by atoms with Crippen molar-refractivity contribution in [2.45, 2.75) is 39.2 Å². The van der Waals surface area contributed by atoms with Crippen LogP contribution in [0.4, 0.5) is 10.1 Å². The predicted octanol–water partition coefficient (Wildman–Crippen LogP) is 1.84. The van der Waals surface area contributed by atoms with Gasteiger partial charge in [-0.25, -0.2) is 9.18 Å². The van der Waals surface area contributed by atoms with Crippen molar-refractivity contribution in [2.75, 3.05) is 30.9 Å². The van der Waals surface area contributed by atoms with Crippen LogP contribution in [0.2, 0.25) is 0 Å². The minimum absolute atomic E-state index is 0.0384. The monoisotopic (exact) mass is 376 g/mol. The zero-order valence-corrected chi connectivity index (χ0v) is 15.9. The highest BCUT2D eigenvalue weighted by atomic mass is 19.1. The van der Waals surface area contributed by atoms with Crippen molar-refractivity contribution in [3.63, 3.8) is 0 Å². The topological polar surface area (TPSA) is 82.5 Å². The number of nitrogens with zero attached hydrogens (tertiary/aromatic N) is 3. The molecule has 0 amide bonds. The Bertz CT molecular complexity index is 1020. The molecular formula is C19H25FN4O3. The Morgan fingerprint density at radius 2 is 2.00 bits per heavy atom. The average Bonchev–Trinajstić information content (AvgIpc) is 3.41. The minimum Gasteiger partial charge on any atom is -0.492 e. The zero-order chi connectivity index (χ0) is 19.5. The van der Waals surface area contributed by atoms with Gasteiger partial charge in [-0.1, -0.05) is 20.3 Å². The molecule has 27 heavy (non-hydrogen) atoms. The molecule has 1 aromatic heterocycles. The van der Waals surface area contributed by atoms with E-state index in [1.807, 2.05) is 4.90 Å². The van der Waals surface area contributed by atoms with Crippen molar-refractivity contribution in [3.8, 4) is 5.75 Å². The predicted molar refractivity (Wildman–Crippen MR) is 103 cm³/mol. The SMILES string of the molecule is CCC1CN(c2c(F)cc3c(=O)n(N)c(=O)n(C4CC4)c3c2OC)CC1C. The maximum Gasteiger partial charge on any atom is 0.350 e. The molecule has 2 aliphatic rings. The van der Waals surface area contributed by atoms with E-state index < -0.39 is 17.1 Å². The number of anilines is 1. The van der Waals surface area contributed by atoms with Gasteiger partial charge in [-0.05, 0) is 30.7 Å². The Hall–Kier alpha value is -2.51. The second-order valence-electron chi connectivity index (χ2n) is 7.75. The van der Waals surface area contributed by atoms with Gasteiger partial charge in [0.25, 0.3) is 5.56 Å². The quantitative estimate of drug-likeness (QED) is 0.824. The van der Waals surface area contributed by atoms with Gasteiger partial charge in [-0.15, -0.1) is 0 Å². The molecule has 1 aromatic carbocycles. The van der Waals surface area contributed by atoms with Crippen molar-refractivity contribution < 1.29 is 9.13 Å². The fraction of sp³-hybridized carbons (Fsp3) is 0.579. The first-order chi connectivity index (χ1) is 12.9. The molecule has 146 valence electrons. The maximum atomic E-state index is 15.1. The van der Waals surface area contributed by atoms with E-state index in [1.54, 1.807) is 0 Å². The molecular weight excluding hydrogens is 351 g/mol. The molecule has 8 heteroatoms. The van der Waals surface area contributed by atoms with Gasteiger partial charge in [0.05, 0.1) is 12.5 Å². The van der Waals surface area contributed by atoms with Crippen molar-refractivity contribution in [2.24, 2.45) is 11.8 Å². The molecule has 2 fully saturated rings. The van der Waals surface area contributed by atoms with Crippen LogP contribution >= 0.6 is 0 Å². The number of ether oxygens (including phenoxy) is 1. The number of nitrogens with two attached hydrogens (primary N) is 1. The van der Waals surface area contributed by atoms with Crippen molar-refractivity contribution in [3.05, 3.63) is 32.7 Å². The van der Waals surface area contributed by atoms with Crippen LogP contribution in [0.3, 0.4) is 0 Å². The number of nitrogen functional groups attached to an aromatic ring is 1. The second-order valence-corrected chi connectivity index (χ2v) is 7.75. The Morgan fingerprint density at radius 1 is 1.30 bits per heavy atom. The van der Waals surface area contributed by atoms with Gasteiger partial charge in [0.15, 0.2) is 11.6 Å². The molecule has 0 spiro atoms. The number of aromatic nitrogens is 2. The largest absolute Gasteiger partial charge is 0.492 e. The Morgan fingerprint density at radius 3 is 2.56 bits per heavy atom. The van der Waals surface area contributed by atoms with Crippen LogP contribution < -0.4 is 26.7 Å². The Kier molecular flexibility index (Phi) is 4.16. The molecule has 0 bridgehead atoms. The van der Waals surface area contributed by atoms with E-state index in [-0.39, 0.29) is 17.2 Å². The first kappa shape index (κ1) is 17.9. The molecule has 1 aliphatic heterocycles. The lowest BCUT2D eigenvalue weighted by molar-refractivity contribution is 0.412. The first-order valence-corrected chi connectivity index (χ1v) is 9.46. The van der Waals surface area contributed by atoms with E-state index in [9.17, 15) is 9.59 Å². The lowest BCUT2D eigenvalue weighted by Gasteiger charge is -2.24. The van der Waals surface area contributed by atoms with Crippen molar-refractivity contribution in [1.82, 2.24) is 9.24 Å². The van der Waals surface area contributed by atoms with Crippen LogP contribution in [0.1, 0.15) is 39.2 Å². The molecule has 1 saturated carbocycles. The van der Waals surface area contributed by atoms with Gasteiger partial charge in [-0.3, -0.25) is 9.36 Å². The normalized spacial score (nSPS) is 22.6. The highest BCUT2D eigenvalue weighted by Crippen LogP contribution is 2.44. The van der Waals surface area contributed by atoms with Gasteiger partial charge in [0, 0.05) is 19.1 Å². The average molecular weight is 376 g/mol. The summed E-state index contributed by atoms with van der Waals surface area (Å²) in [5, 5.41) is 0.0707. The number of hydrogen-bond donors (Lipinski definition) is 1. The summed E-state index contributed by atoms with van der Waals surface area (Å²) in [6.07, 6.45) is 2.66. The van der Waals surface area contributed by atoms with Gasteiger partial charge in [0.1, 0.15) is 11.2 Å². The van der Waals surface area contributed by atoms with Crippen LogP contribution in [0.5, 0.6) is 5.75 Å². The summed E-state index contributed by atoms with van der Waals surface area (Å²) in [7, 11) is 1.45. The summed E-state index contributed by atoms with van der Waals surface area (Å²) in [5.74, 6) is 6.28. The number of rotatable bonds is 4. The van der Waals surface area contributed by atoms with Gasteiger partial charge < -0.3 is 15.5 Å². The summed E-state index contributed by atoms with van der Waals surface area (Å²) in [6.45, 7) is 5.72. The molecule has 2 aromatic rings. The lowest BCUT2D eigenvalue weighted by atomic mass is 9.96. The van der Waals surface area contributed by atoms with Crippen LogP contribution in [-0.4, -0.2) is 29.4 Å². The van der Waals surface area contributed by atoms with Crippen LogP contribution in [0.25, 0.3) is 10.9 Å². The molecule has 4 rings (SSSR count). The van der Waals surface area contributed by atoms with Crippen molar-refractivity contribution >= 4 is 16.6 Å². The van der Waals surface area contributed by atoms with E-state index in [1.165, 1.54) is 17.7 Å². The first-order valence-electron chi connectivity index (χ1n) is 9.46. The van der Waals surface area contributed by atoms with E-state index in [2.05, 4.69) is 13.8 Å². The van der Waals surface area contributed by atoms with Crippen LogP contribution in [0, 0.1) is 17.7 Å². The molecule has 2 N–H and O–H groups in total. The minimum atomic E-state index is -0.711. The summed E-state index contributed by atoms with van der Waals surface area (Å²) in [5.41, 5.74) is -0.625. The lowest BCUT2D eigenvalue weighted by Crippen LogP contribution is -2.44.